The first kappa shape index (κ1) is 20.5. The molecule has 148 valence electrons. The van der Waals surface area contributed by atoms with E-state index in [1.807, 2.05) is 56.3 Å². The van der Waals surface area contributed by atoms with Crippen LogP contribution in [0.1, 0.15) is 43.2 Å². The predicted molar refractivity (Wildman–Crippen MR) is 117 cm³/mol. The molecule has 1 aliphatic rings. The molecule has 0 spiro atoms. The Balaban J connectivity index is 1.53. The van der Waals surface area contributed by atoms with E-state index in [0.29, 0.717) is 5.75 Å². The van der Waals surface area contributed by atoms with Gasteiger partial charge in [-0.05, 0) is 62.1 Å². The highest BCUT2D eigenvalue weighted by Gasteiger charge is 2.21. The van der Waals surface area contributed by atoms with E-state index in [0.717, 1.165) is 53.1 Å². The van der Waals surface area contributed by atoms with Crippen molar-refractivity contribution < 1.29 is 9.59 Å². The molecule has 0 heterocycles. The summed E-state index contributed by atoms with van der Waals surface area (Å²) in [5.41, 5.74) is 3.91. The number of aryl methyl sites for hydroxylation is 1. The van der Waals surface area contributed by atoms with E-state index < -0.39 is 0 Å². The largest absolute Gasteiger partial charge is 0.326 e. The molecule has 3 rings (SSSR count). The van der Waals surface area contributed by atoms with Crippen LogP contribution in [0.25, 0.3) is 0 Å². The summed E-state index contributed by atoms with van der Waals surface area (Å²) in [7, 11) is 0. The van der Waals surface area contributed by atoms with Crippen LogP contribution in [0.4, 0.5) is 11.4 Å². The maximum absolute atomic E-state index is 12.4. The van der Waals surface area contributed by atoms with Crippen LogP contribution in [-0.2, 0) is 9.59 Å². The summed E-state index contributed by atoms with van der Waals surface area (Å²) in [6, 6.07) is 13.6. The van der Waals surface area contributed by atoms with Crippen molar-refractivity contribution >= 4 is 35.0 Å². The molecule has 1 aliphatic carbocycles. The molecule has 0 aliphatic heterocycles. The quantitative estimate of drug-likeness (QED) is 0.629. The molecule has 1 fully saturated rings. The number of hydrogen-bond acceptors (Lipinski definition) is 3. The molecular formula is C23H28N2O2S. The van der Waals surface area contributed by atoms with Crippen molar-refractivity contribution in [1.29, 1.82) is 0 Å². The van der Waals surface area contributed by atoms with Gasteiger partial charge in [-0.25, -0.2) is 0 Å². The molecule has 0 saturated heterocycles. The molecule has 0 bridgehead atoms. The maximum atomic E-state index is 12.4. The van der Waals surface area contributed by atoms with Crippen LogP contribution in [0.5, 0.6) is 0 Å². The molecule has 2 N–H and O–H groups in total. The fourth-order valence-electron chi connectivity index (χ4n) is 3.49. The normalized spacial score (nSPS) is 14.5. The summed E-state index contributed by atoms with van der Waals surface area (Å²) in [5.74, 6) is 0.547. The number of carbonyl (C=O) groups is 2. The lowest BCUT2D eigenvalue weighted by atomic mass is 9.88. The van der Waals surface area contributed by atoms with Crippen molar-refractivity contribution in [2.45, 2.75) is 50.8 Å². The first-order chi connectivity index (χ1) is 13.5. The lowest BCUT2D eigenvalue weighted by Crippen LogP contribution is -2.24. The number of rotatable bonds is 6. The highest BCUT2D eigenvalue weighted by Crippen LogP contribution is 2.27. The Labute approximate surface area is 171 Å². The van der Waals surface area contributed by atoms with Gasteiger partial charge in [0, 0.05) is 22.2 Å². The van der Waals surface area contributed by atoms with Crippen LogP contribution in [0.2, 0.25) is 0 Å². The number of carbonyl (C=O) groups excluding carboxylic acids is 2. The minimum atomic E-state index is -0.0321. The van der Waals surface area contributed by atoms with E-state index >= 15 is 0 Å². The number of benzene rings is 2. The first-order valence-electron chi connectivity index (χ1n) is 9.93. The van der Waals surface area contributed by atoms with Gasteiger partial charge in [0.15, 0.2) is 0 Å². The summed E-state index contributed by atoms with van der Waals surface area (Å²) in [6.07, 6.45) is 5.49. The summed E-state index contributed by atoms with van der Waals surface area (Å²) >= 11 is 1.47. The van der Waals surface area contributed by atoms with Crippen LogP contribution in [0.3, 0.4) is 0 Å². The van der Waals surface area contributed by atoms with E-state index in [1.165, 1.54) is 18.2 Å². The van der Waals surface area contributed by atoms with Crippen molar-refractivity contribution in [3.63, 3.8) is 0 Å². The van der Waals surface area contributed by atoms with Gasteiger partial charge in [0.05, 0.1) is 5.75 Å². The summed E-state index contributed by atoms with van der Waals surface area (Å²) in [4.78, 5) is 25.7. The van der Waals surface area contributed by atoms with Crippen molar-refractivity contribution in [3.8, 4) is 0 Å². The average Bonchev–Trinajstić information content (AvgIpc) is 2.71. The third kappa shape index (κ3) is 5.61. The Morgan fingerprint density at radius 3 is 2.54 bits per heavy atom. The van der Waals surface area contributed by atoms with Crippen LogP contribution in [0, 0.1) is 19.8 Å². The molecule has 1 saturated carbocycles. The fourth-order valence-corrected chi connectivity index (χ4v) is 4.25. The zero-order chi connectivity index (χ0) is 19.9. The van der Waals surface area contributed by atoms with Gasteiger partial charge in [-0.2, -0.15) is 0 Å². The fraction of sp³-hybridized carbons (Fsp3) is 0.391. The summed E-state index contributed by atoms with van der Waals surface area (Å²) in [5, 5.41) is 6.02. The first-order valence-corrected chi connectivity index (χ1v) is 10.9. The van der Waals surface area contributed by atoms with E-state index in [1.54, 1.807) is 0 Å². The number of nitrogens with one attached hydrogen (secondary N) is 2. The second-order valence-electron chi connectivity index (χ2n) is 7.44. The van der Waals surface area contributed by atoms with Crippen molar-refractivity contribution in [2.75, 3.05) is 16.4 Å². The monoisotopic (exact) mass is 396 g/mol. The minimum absolute atomic E-state index is 0.0321. The Kier molecular flexibility index (Phi) is 7.15. The van der Waals surface area contributed by atoms with E-state index in [2.05, 4.69) is 10.6 Å². The number of thioether (sulfide) groups is 1. The number of anilines is 2. The van der Waals surface area contributed by atoms with Gasteiger partial charge in [-0.1, -0.05) is 37.5 Å². The van der Waals surface area contributed by atoms with E-state index in [9.17, 15) is 9.59 Å². The maximum Gasteiger partial charge on any atom is 0.234 e. The molecule has 28 heavy (non-hydrogen) atoms. The Hall–Kier alpha value is -2.27. The smallest absolute Gasteiger partial charge is 0.234 e. The molecule has 2 amide bonds. The van der Waals surface area contributed by atoms with Gasteiger partial charge in [0.1, 0.15) is 0 Å². The predicted octanol–water partition coefficient (Wildman–Crippen LogP) is 5.55. The Bertz CT molecular complexity index is 844. The van der Waals surface area contributed by atoms with Crippen LogP contribution in [0.15, 0.2) is 47.4 Å². The lowest BCUT2D eigenvalue weighted by Gasteiger charge is -2.20. The zero-order valence-corrected chi connectivity index (χ0v) is 17.4. The van der Waals surface area contributed by atoms with Crippen molar-refractivity contribution in [3.05, 3.63) is 53.6 Å². The number of amides is 2. The van der Waals surface area contributed by atoms with Crippen LogP contribution < -0.4 is 10.6 Å². The summed E-state index contributed by atoms with van der Waals surface area (Å²) in [6.45, 7) is 4.05. The molecule has 0 atom stereocenters. The Morgan fingerprint density at radius 2 is 1.75 bits per heavy atom. The molecule has 0 aromatic heterocycles. The van der Waals surface area contributed by atoms with Crippen LogP contribution >= 0.6 is 11.8 Å². The molecular weight excluding hydrogens is 368 g/mol. The minimum Gasteiger partial charge on any atom is -0.326 e. The molecule has 2 aromatic rings. The standard InChI is InChI=1S/C23H28N2O2S/c1-16-8-6-13-21(17(16)2)25-22(26)15-28-20-12-7-11-19(14-20)24-23(27)18-9-4-3-5-10-18/h6-8,11-14,18H,3-5,9-10,15H2,1-2H3,(H,24,27)(H,25,26). The second-order valence-corrected chi connectivity index (χ2v) is 8.49. The third-order valence-corrected chi connectivity index (χ3v) is 6.32. The van der Waals surface area contributed by atoms with Gasteiger partial charge in [-0.3, -0.25) is 9.59 Å². The lowest BCUT2D eigenvalue weighted by molar-refractivity contribution is -0.120. The van der Waals surface area contributed by atoms with Gasteiger partial charge in [0.2, 0.25) is 11.8 Å². The number of hydrogen-bond donors (Lipinski definition) is 2. The molecule has 5 heteroatoms. The third-order valence-electron chi connectivity index (χ3n) is 5.33. The molecule has 2 aromatic carbocycles. The zero-order valence-electron chi connectivity index (χ0n) is 16.6. The van der Waals surface area contributed by atoms with Gasteiger partial charge in [-0.15, -0.1) is 11.8 Å². The molecule has 0 radical (unpaired) electrons. The van der Waals surface area contributed by atoms with Crippen LogP contribution in [-0.4, -0.2) is 17.6 Å². The van der Waals surface area contributed by atoms with Gasteiger partial charge >= 0.3 is 0 Å². The SMILES string of the molecule is Cc1cccc(NC(=O)CSc2cccc(NC(=O)C3CCCCC3)c2)c1C. The average molecular weight is 397 g/mol. The van der Waals surface area contributed by atoms with E-state index in [4.69, 9.17) is 0 Å². The Morgan fingerprint density at radius 1 is 1.00 bits per heavy atom. The van der Waals surface area contributed by atoms with Crippen molar-refractivity contribution in [1.82, 2.24) is 0 Å². The van der Waals surface area contributed by atoms with Gasteiger partial charge < -0.3 is 10.6 Å². The topological polar surface area (TPSA) is 58.2 Å². The van der Waals surface area contributed by atoms with Crippen molar-refractivity contribution in [2.24, 2.45) is 5.92 Å². The molecule has 0 unspecified atom stereocenters. The van der Waals surface area contributed by atoms with Gasteiger partial charge in [0.25, 0.3) is 0 Å². The van der Waals surface area contributed by atoms with E-state index in [-0.39, 0.29) is 17.7 Å². The second kappa shape index (κ2) is 9.78. The molecule has 4 nitrogen and oxygen atoms in total. The highest BCUT2D eigenvalue weighted by atomic mass is 32.2. The summed E-state index contributed by atoms with van der Waals surface area (Å²) < 4.78 is 0. The highest BCUT2D eigenvalue weighted by molar-refractivity contribution is 8.00.